The van der Waals surface area contributed by atoms with Crippen molar-refractivity contribution in [2.24, 2.45) is 34.5 Å². The van der Waals surface area contributed by atoms with Crippen LogP contribution in [0.4, 0.5) is 0 Å². The summed E-state index contributed by atoms with van der Waals surface area (Å²) in [7, 11) is 0. The van der Waals surface area contributed by atoms with Crippen LogP contribution < -0.4 is 0 Å². The number of carbonyl (C=O) groups is 1. The van der Waals surface area contributed by atoms with Gasteiger partial charge in [-0.15, -0.1) is 0 Å². The Bertz CT molecular complexity index is 845. The molecule has 0 heterocycles. The summed E-state index contributed by atoms with van der Waals surface area (Å²) in [5.41, 5.74) is 2.59. The second kappa shape index (κ2) is 17.8. The Morgan fingerprint density at radius 3 is 1.98 bits per heavy atom. The summed E-state index contributed by atoms with van der Waals surface area (Å²) >= 11 is 0. The second-order valence-corrected chi connectivity index (χ2v) is 16.3. The molecule has 4 rings (SSSR count). The Hall–Kier alpha value is -0.790. The van der Waals surface area contributed by atoms with Gasteiger partial charge >= 0.3 is 5.97 Å². The van der Waals surface area contributed by atoms with Crippen LogP contribution in [0.5, 0.6) is 0 Å². The summed E-state index contributed by atoms with van der Waals surface area (Å²) in [6.07, 6.45) is 38.5. The van der Waals surface area contributed by atoms with Crippen molar-refractivity contribution in [3.8, 4) is 0 Å². The second-order valence-electron chi connectivity index (χ2n) is 16.3. The van der Waals surface area contributed by atoms with Crippen LogP contribution in [-0.4, -0.2) is 12.1 Å². The lowest BCUT2D eigenvalue weighted by Gasteiger charge is -2.58. The molecule has 0 unspecified atom stereocenters. The normalized spacial score (nSPS) is 33.4. The fourth-order valence-corrected chi connectivity index (χ4v) is 10.7. The summed E-state index contributed by atoms with van der Waals surface area (Å²) in [5, 5.41) is 0. The largest absolute Gasteiger partial charge is 0.462 e. The quantitative estimate of drug-likeness (QED) is 0.0793. The molecular formula is C41H72O2. The highest BCUT2D eigenvalue weighted by Crippen LogP contribution is 2.66. The first-order valence-electron chi connectivity index (χ1n) is 19.8. The van der Waals surface area contributed by atoms with Gasteiger partial charge in [0.05, 0.1) is 0 Å². The molecule has 0 aromatic carbocycles. The SMILES string of the molecule is CCCCCCCCCCCCCC(=O)O[C@H]1CC[C@@]2(C)C(=CC[C@H]3[C@@H]4CC[C@H](CCCCCCCC)[C@@]4(C)CC[C@@H]32)C1. The summed E-state index contributed by atoms with van der Waals surface area (Å²) in [6, 6.07) is 0. The predicted octanol–water partition coefficient (Wildman–Crippen LogP) is 12.9. The van der Waals surface area contributed by atoms with Crippen LogP contribution in [0.25, 0.3) is 0 Å². The van der Waals surface area contributed by atoms with Crippen LogP contribution in [0.3, 0.4) is 0 Å². The third-order valence-corrected chi connectivity index (χ3v) is 13.4. The van der Waals surface area contributed by atoms with E-state index in [2.05, 4.69) is 33.8 Å². The standard InChI is InChI=1S/C41H72O2/c1-5-7-9-11-13-14-15-16-17-19-21-23-39(42)43-35-28-30-41(4)34(32-35)24-26-36-37-27-25-33(22-20-18-12-10-8-6-2)40(37,3)31-29-38(36)41/h24,33,35-38H,5-23,25-32H2,1-4H3/t33-,35-,36-,37-,38-,40+,41-/m0/s1. The fraction of sp³-hybridized carbons (Fsp3) is 0.927. The maximum atomic E-state index is 12.7. The number of unbranched alkanes of at least 4 members (excludes halogenated alkanes) is 15. The molecule has 7 atom stereocenters. The number of hydrogen-bond acceptors (Lipinski definition) is 2. The van der Waals surface area contributed by atoms with E-state index in [1.165, 1.54) is 148 Å². The van der Waals surface area contributed by atoms with Crippen LogP contribution in [0.15, 0.2) is 11.6 Å². The Kier molecular flexibility index (Phi) is 14.5. The number of hydrogen-bond donors (Lipinski definition) is 0. The van der Waals surface area contributed by atoms with E-state index in [1.807, 2.05) is 0 Å². The van der Waals surface area contributed by atoms with E-state index in [0.29, 0.717) is 17.3 Å². The minimum Gasteiger partial charge on any atom is -0.462 e. The summed E-state index contributed by atoms with van der Waals surface area (Å²) in [4.78, 5) is 12.7. The Balaban J connectivity index is 1.16. The van der Waals surface area contributed by atoms with Gasteiger partial charge in [0, 0.05) is 12.8 Å². The van der Waals surface area contributed by atoms with Gasteiger partial charge in [0.1, 0.15) is 6.10 Å². The molecule has 0 spiro atoms. The lowest BCUT2D eigenvalue weighted by molar-refractivity contribution is -0.151. The van der Waals surface area contributed by atoms with Crippen molar-refractivity contribution in [3.63, 3.8) is 0 Å². The van der Waals surface area contributed by atoms with Crippen LogP contribution in [0, 0.1) is 34.5 Å². The Morgan fingerprint density at radius 1 is 0.721 bits per heavy atom. The monoisotopic (exact) mass is 597 g/mol. The van der Waals surface area contributed by atoms with E-state index < -0.39 is 0 Å². The number of rotatable bonds is 20. The molecule has 0 bridgehead atoms. The van der Waals surface area contributed by atoms with Gasteiger partial charge in [-0.25, -0.2) is 0 Å². The summed E-state index contributed by atoms with van der Waals surface area (Å²) in [5.74, 6) is 3.72. The Labute approximate surface area is 268 Å². The Morgan fingerprint density at radius 2 is 1.33 bits per heavy atom. The third-order valence-electron chi connectivity index (χ3n) is 13.4. The van der Waals surface area contributed by atoms with Gasteiger partial charge in [0.15, 0.2) is 0 Å². The third kappa shape index (κ3) is 9.37. The molecular weight excluding hydrogens is 524 g/mol. The molecule has 3 fully saturated rings. The molecule has 248 valence electrons. The van der Waals surface area contributed by atoms with Gasteiger partial charge in [-0.1, -0.05) is 142 Å². The first-order valence-corrected chi connectivity index (χ1v) is 19.8. The highest BCUT2D eigenvalue weighted by molar-refractivity contribution is 5.69. The number of allylic oxidation sites excluding steroid dienone is 1. The van der Waals surface area contributed by atoms with Crippen LogP contribution in [0.2, 0.25) is 0 Å². The molecule has 4 aliphatic rings. The molecule has 2 nitrogen and oxygen atoms in total. The summed E-state index contributed by atoms with van der Waals surface area (Å²) in [6.45, 7) is 9.91. The molecule has 43 heavy (non-hydrogen) atoms. The van der Waals surface area contributed by atoms with E-state index >= 15 is 0 Å². The van der Waals surface area contributed by atoms with E-state index in [-0.39, 0.29) is 12.1 Å². The van der Waals surface area contributed by atoms with E-state index in [1.54, 1.807) is 5.57 Å². The van der Waals surface area contributed by atoms with Crippen molar-refractivity contribution in [1.82, 2.24) is 0 Å². The fourth-order valence-electron chi connectivity index (χ4n) is 10.7. The average molecular weight is 597 g/mol. The zero-order valence-corrected chi connectivity index (χ0v) is 29.4. The van der Waals surface area contributed by atoms with E-state index in [9.17, 15) is 4.79 Å². The van der Waals surface area contributed by atoms with Crippen molar-refractivity contribution in [2.75, 3.05) is 0 Å². The van der Waals surface area contributed by atoms with Crippen LogP contribution in [0.1, 0.15) is 201 Å². The molecule has 4 aliphatic carbocycles. The van der Waals surface area contributed by atoms with Gasteiger partial charge in [0.25, 0.3) is 0 Å². The van der Waals surface area contributed by atoms with E-state index in [4.69, 9.17) is 4.74 Å². The predicted molar refractivity (Wildman–Crippen MR) is 184 cm³/mol. The number of esters is 1. The zero-order valence-electron chi connectivity index (χ0n) is 29.4. The highest BCUT2D eigenvalue weighted by Gasteiger charge is 2.58. The number of carbonyl (C=O) groups excluding carboxylic acids is 1. The molecule has 0 aromatic heterocycles. The van der Waals surface area contributed by atoms with E-state index in [0.717, 1.165) is 42.9 Å². The molecule has 2 heteroatoms. The molecule has 0 aliphatic heterocycles. The molecule has 0 N–H and O–H groups in total. The molecule has 0 amide bonds. The van der Waals surface area contributed by atoms with Crippen molar-refractivity contribution in [2.45, 2.75) is 207 Å². The summed E-state index contributed by atoms with van der Waals surface area (Å²) < 4.78 is 6.10. The smallest absolute Gasteiger partial charge is 0.306 e. The molecule has 3 saturated carbocycles. The number of ether oxygens (including phenoxy) is 1. The van der Waals surface area contributed by atoms with Gasteiger partial charge in [-0.3, -0.25) is 4.79 Å². The average Bonchev–Trinajstić information content (AvgIpc) is 3.34. The van der Waals surface area contributed by atoms with Crippen molar-refractivity contribution in [3.05, 3.63) is 11.6 Å². The molecule has 0 aromatic rings. The van der Waals surface area contributed by atoms with Crippen molar-refractivity contribution < 1.29 is 9.53 Å². The lowest BCUT2D eigenvalue weighted by Crippen LogP contribution is -2.50. The maximum Gasteiger partial charge on any atom is 0.306 e. The minimum atomic E-state index is 0.0645. The highest BCUT2D eigenvalue weighted by atomic mass is 16.5. The minimum absolute atomic E-state index is 0.0645. The number of fused-ring (bicyclic) bond motifs is 5. The van der Waals surface area contributed by atoms with Gasteiger partial charge < -0.3 is 4.74 Å². The first kappa shape index (κ1) is 35.1. The molecule has 0 radical (unpaired) electrons. The van der Waals surface area contributed by atoms with Gasteiger partial charge in [-0.2, -0.15) is 0 Å². The van der Waals surface area contributed by atoms with Gasteiger partial charge in [0.2, 0.25) is 0 Å². The van der Waals surface area contributed by atoms with Crippen molar-refractivity contribution >= 4 is 5.97 Å². The van der Waals surface area contributed by atoms with Crippen LogP contribution >= 0.6 is 0 Å². The van der Waals surface area contributed by atoms with Gasteiger partial charge in [-0.05, 0) is 92.3 Å². The molecule has 0 saturated heterocycles. The van der Waals surface area contributed by atoms with Crippen LogP contribution in [-0.2, 0) is 9.53 Å². The zero-order chi connectivity index (χ0) is 30.5. The first-order chi connectivity index (χ1) is 20.9. The maximum absolute atomic E-state index is 12.7. The topological polar surface area (TPSA) is 26.3 Å². The van der Waals surface area contributed by atoms with Crippen molar-refractivity contribution in [1.29, 1.82) is 0 Å². The lowest BCUT2D eigenvalue weighted by atomic mass is 9.47.